The van der Waals surface area contributed by atoms with Gasteiger partial charge < -0.3 is 14.5 Å². The zero-order valence-electron chi connectivity index (χ0n) is 15.2. The van der Waals surface area contributed by atoms with Crippen molar-refractivity contribution in [3.63, 3.8) is 0 Å². The molecule has 24 heavy (non-hydrogen) atoms. The van der Waals surface area contributed by atoms with Gasteiger partial charge in [0.2, 0.25) is 0 Å². The molecule has 1 aliphatic rings. The molecular formula is C19H29N3O2. The SMILES string of the molecule is CN(CC=Cc1cccnc1)C[C@@H]1CCCN1C(=O)OC(C)(C)C. The average Bonchev–Trinajstić information content (AvgIpc) is 2.95. The smallest absolute Gasteiger partial charge is 0.410 e. The largest absolute Gasteiger partial charge is 0.444 e. The third-order valence-corrected chi connectivity index (χ3v) is 3.94. The van der Waals surface area contributed by atoms with Crippen LogP contribution >= 0.6 is 0 Å². The van der Waals surface area contributed by atoms with E-state index < -0.39 is 5.60 Å². The molecule has 5 nitrogen and oxygen atoms in total. The van der Waals surface area contributed by atoms with E-state index in [0.717, 1.165) is 38.0 Å². The van der Waals surface area contributed by atoms with Crippen molar-refractivity contribution >= 4 is 12.2 Å². The van der Waals surface area contributed by atoms with Gasteiger partial charge in [-0.25, -0.2) is 4.79 Å². The molecule has 1 atom stereocenters. The summed E-state index contributed by atoms with van der Waals surface area (Å²) in [4.78, 5) is 20.5. The third-order valence-electron chi connectivity index (χ3n) is 3.94. The molecule has 5 heteroatoms. The van der Waals surface area contributed by atoms with E-state index in [-0.39, 0.29) is 12.1 Å². The van der Waals surface area contributed by atoms with Crippen LogP contribution in [0.25, 0.3) is 6.08 Å². The minimum absolute atomic E-state index is 0.190. The van der Waals surface area contributed by atoms with E-state index in [0.29, 0.717) is 0 Å². The fourth-order valence-electron chi connectivity index (χ4n) is 2.86. The summed E-state index contributed by atoms with van der Waals surface area (Å²) in [6.07, 6.45) is 9.71. The quantitative estimate of drug-likeness (QED) is 0.829. The molecule has 0 aliphatic carbocycles. The highest BCUT2D eigenvalue weighted by atomic mass is 16.6. The van der Waals surface area contributed by atoms with Gasteiger partial charge in [0.1, 0.15) is 5.60 Å². The molecule has 1 fully saturated rings. The lowest BCUT2D eigenvalue weighted by molar-refractivity contribution is 0.0206. The first-order valence-corrected chi connectivity index (χ1v) is 8.60. The van der Waals surface area contributed by atoms with Gasteiger partial charge >= 0.3 is 6.09 Å². The summed E-state index contributed by atoms with van der Waals surface area (Å²) in [5, 5.41) is 0. The second-order valence-electron chi connectivity index (χ2n) is 7.38. The Morgan fingerprint density at radius 3 is 2.96 bits per heavy atom. The Morgan fingerprint density at radius 1 is 1.50 bits per heavy atom. The summed E-state index contributed by atoms with van der Waals surface area (Å²) in [5.74, 6) is 0. The summed E-state index contributed by atoms with van der Waals surface area (Å²) in [5.41, 5.74) is 0.657. The minimum Gasteiger partial charge on any atom is -0.444 e. The molecule has 2 rings (SSSR count). The van der Waals surface area contributed by atoms with Crippen LogP contribution in [0.5, 0.6) is 0 Å². The van der Waals surface area contributed by atoms with Gasteiger partial charge in [0.25, 0.3) is 0 Å². The molecule has 0 aromatic carbocycles. The molecule has 2 heterocycles. The van der Waals surface area contributed by atoms with Gasteiger partial charge in [0, 0.05) is 38.1 Å². The molecule has 132 valence electrons. The van der Waals surface area contributed by atoms with Gasteiger partial charge in [-0.1, -0.05) is 18.2 Å². The summed E-state index contributed by atoms with van der Waals surface area (Å²) in [6.45, 7) is 8.21. The van der Waals surface area contributed by atoms with Gasteiger partial charge in [-0.05, 0) is 52.3 Å². The fraction of sp³-hybridized carbons (Fsp3) is 0.579. The number of likely N-dealkylation sites (tertiary alicyclic amines) is 1. The van der Waals surface area contributed by atoms with Crippen LogP contribution in [-0.4, -0.2) is 59.2 Å². The van der Waals surface area contributed by atoms with Crippen LogP contribution in [-0.2, 0) is 4.74 Å². The van der Waals surface area contributed by atoms with Crippen molar-refractivity contribution in [2.45, 2.75) is 45.3 Å². The predicted octanol–water partition coefficient (Wildman–Crippen LogP) is 3.43. The van der Waals surface area contributed by atoms with Crippen molar-refractivity contribution in [3.8, 4) is 0 Å². The molecular weight excluding hydrogens is 302 g/mol. The number of ether oxygens (including phenoxy) is 1. The van der Waals surface area contributed by atoms with Crippen molar-refractivity contribution < 1.29 is 9.53 Å². The first-order chi connectivity index (χ1) is 11.3. The van der Waals surface area contributed by atoms with Crippen LogP contribution in [0.1, 0.15) is 39.2 Å². The topological polar surface area (TPSA) is 45.7 Å². The first-order valence-electron chi connectivity index (χ1n) is 8.60. The molecule has 0 bridgehead atoms. The van der Waals surface area contributed by atoms with E-state index >= 15 is 0 Å². The van der Waals surface area contributed by atoms with Crippen molar-refractivity contribution in [1.82, 2.24) is 14.8 Å². The molecule has 1 saturated heterocycles. The molecule has 1 aliphatic heterocycles. The fourth-order valence-corrected chi connectivity index (χ4v) is 2.86. The highest BCUT2D eigenvalue weighted by Gasteiger charge is 2.32. The van der Waals surface area contributed by atoms with Crippen molar-refractivity contribution in [2.75, 3.05) is 26.7 Å². The monoisotopic (exact) mass is 331 g/mol. The summed E-state index contributed by atoms with van der Waals surface area (Å²) < 4.78 is 5.52. The maximum atomic E-state index is 12.3. The Hall–Kier alpha value is -1.88. The van der Waals surface area contributed by atoms with Crippen LogP contribution < -0.4 is 0 Å². The maximum absolute atomic E-state index is 12.3. The zero-order chi connectivity index (χ0) is 17.6. The van der Waals surface area contributed by atoms with Crippen molar-refractivity contribution in [2.24, 2.45) is 0 Å². The van der Waals surface area contributed by atoms with Crippen LogP contribution in [0.4, 0.5) is 4.79 Å². The van der Waals surface area contributed by atoms with Gasteiger partial charge in [-0.3, -0.25) is 4.98 Å². The Balaban J connectivity index is 1.83. The Kier molecular flexibility index (Phi) is 6.37. The lowest BCUT2D eigenvalue weighted by Gasteiger charge is -2.30. The first kappa shape index (κ1) is 18.5. The average molecular weight is 331 g/mol. The van der Waals surface area contributed by atoms with Gasteiger partial charge in [-0.2, -0.15) is 0 Å². The van der Waals surface area contributed by atoms with Crippen molar-refractivity contribution in [3.05, 3.63) is 36.2 Å². The zero-order valence-corrected chi connectivity index (χ0v) is 15.2. The van der Waals surface area contributed by atoms with Gasteiger partial charge in [0.05, 0.1) is 0 Å². The lowest BCUT2D eigenvalue weighted by Crippen LogP contribution is -2.44. The number of aromatic nitrogens is 1. The lowest BCUT2D eigenvalue weighted by atomic mass is 10.2. The van der Waals surface area contributed by atoms with E-state index in [1.54, 1.807) is 6.20 Å². The predicted molar refractivity (Wildman–Crippen MR) is 96.7 cm³/mol. The summed E-state index contributed by atoms with van der Waals surface area (Å²) >= 11 is 0. The van der Waals surface area contributed by atoms with E-state index in [1.807, 2.05) is 44.0 Å². The van der Waals surface area contributed by atoms with Crippen LogP contribution in [0.15, 0.2) is 30.6 Å². The number of hydrogen-bond donors (Lipinski definition) is 0. The number of pyridine rings is 1. The number of carbonyl (C=O) groups is 1. The normalized spacial score (nSPS) is 18.5. The van der Waals surface area contributed by atoms with E-state index in [2.05, 4.69) is 29.1 Å². The molecule has 0 saturated carbocycles. The molecule has 1 aromatic heterocycles. The molecule has 0 spiro atoms. The molecule has 0 N–H and O–H groups in total. The Morgan fingerprint density at radius 2 is 2.29 bits per heavy atom. The highest BCUT2D eigenvalue weighted by Crippen LogP contribution is 2.21. The number of rotatable bonds is 5. The Bertz CT molecular complexity index is 551. The molecule has 1 amide bonds. The molecule has 0 unspecified atom stereocenters. The number of amides is 1. The van der Waals surface area contributed by atoms with Gasteiger partial charge in [-0.15, -0.1) is 0 Å². The van der Waals surface area contributed by atoms with Gasteiger partial charge in [0.15, 0.2) is 0 Å². The van der Waals surface area contributed by atoms with Crippen LogP contribution in [0, 0.1) is 0 Å². The standard InChI is InChI=1S/C19H29N3O2/c1-19(2,3)24-18(23)22-13-7-10-17(22)15-21(4)12-6-9-16-8-5-11-20-14-16/h5-6,8-9,11,14,17H,7,10,12-13,15H2,1-4H3/t17-/m0/s1. The minimum atomic E-state index is -0.442. The second kappa shape index (κ2) is 8.29. The van der Waals surface area contributed by atoms with Crippen molar-refractivity contribution in [1.29, 1.82) is 0 Å². The molecule has 1 aromatic rings. The summed E-state index contributed by atoms with van der Waals surface area (Å²) in [6, 6.07) is 4.20. The number of carbonyl (C=O) groups excluding carboxylic acids is 1. The number of likely N-dealkylation sites (N-methyl/N-ethyl adjacent to an activating group) is 1. The van der Waals surface area contributed by atoms with E-state index in [1.165, 1.54) is 0 Å². The summed E-state index contributed by atoms with van der Waals surface area (Å²) in [7, 11) is 2.08. The third kappa shape index (κ3) is 5.96. The van der Waals surface area contributed by atoms with Crippen LogP contribution in [0.2, 0.25) is 0 Å². The van der Waals surface area contributed by atoms with Crippen LogP contribution in [0.3, 0.4) is 0 Å². The number of nitrogens with zero attached hydrogens (tertiary/aromatic N) is 3. The molecule has 0 radical (unpaired) electrons. The maximum Gasteiger partial charge on any atom is 0.410 e. The van der Waals surface area contributed by atoms with E-state index in [9.17, 15) is 4.79 Å². The Labute approximate surface area is 145 Å². The highest BCUT2D eigenvalue weighted by molar-refractivity contribution is 5.69. The number of hydrogen-bond acceptors (Lipinski definition) is 4. The second-order valence-corrected chi connectivity index (χ2v) is 7.38. The van der Waals surface area contributed by atoms with E-state index in [4.69, 9.17) is 4.74 Å².